The van der Waals surface area contributed by atoms with E-state index in [-0.39, 0.29) is 61.3 Å². The summed E-state index contributed by atoms with van der Waals surface area (Å²) in [6.07, 6.45) is -3.48. The molecule has 3 aliphatic rings. The van der Waals surface area contributed by atoms with Crippen LogP contribution in [0.15, 0.2) is 23.3 Å². The first-order valence-corrected chi connectivity index (χ1v) is 12.5. The molecule has 0 radical (unpaired) electrons. The molecule has 0 aliphatic carbocycles. The zero-order valence-electron chi connectivity index (χ0n) is 21.5. The number of hydrazone groups is 1. The number of benzene rings is 1. The summed E-state index contributed by atoms with van der Waals surface area (Å²) in [6.45, 7) is 10.8. The van der Waals surface area contributed by atoms with E-state index in [4.69, 9.17) is 9.47 Å². The van der Waals surface area contributed by atoms with Crippen LogP contribution in [0.1, 0.15) is 59.1 Å². The summed E-state index contributed by atoms with van der Waals surface area (Å²) in [6, 6.07) is 1.33. The number of anilines is 1. The molecular formula is C24H30F4N4O4S. The minimum atomic E-state index is -4.67. The Balaban J connectivity index is 0.00000186. The molecule has 1 unspecified atom stereocenters. The number of hydrogen-bond acceptors (Lipinski definition) is 7. The van der Waals surface area contributed by atoms with Crippen LogP contribution in [0.3, 0.4) is 0 Å². The van der Waals surface area contributed by atoms with E-state index in [1.165, 1.54) is 22.8 Å². The number of ether oxygens (including phenoxy) is 2. The van der Waals surface area contributed by atoms with Gasteiger partial charge in [-0.25, -0.2) is 4.79 Å². The number of amidine groups is 1. The Hall–Kier alpha value is -2.96. The predicted molar refractivity (Wildman–Crippen MR) is 134 cm³/mol. The van der Waals surface area contributed by atoms with E-state index in [2.05, 4.69) is 5.10 Å². The number of hydrogen-bond donors (Lipinski definition) is 0. The number of halogens is 4. The molecule has 0 spiro atoms. The summed E-state index contributed by atoms with van der Waals surface area (Å²) in [5, 5.41) is 3.92. The van der Waals surface area contributed by atoms with E-state index in [1.54, 1.807) is 26.8 Å². The van der Waals surface area contributed by atoms with Crippen molar-refractivity contribution >= 4 is 41.4 Å². The summed E-state index contributed by atoms with van der Waals surface area (Å²) >= 11 is -0.354. The predicted octanol–water partition coefficient (Wildman–Crippen LogP) is 6.03. The van der Waals surface area contributed by atoms with Crippen molar-refractivity contribution in [2.45, 2.75) is 65.8 Å². The number of rotatable bonds is 2. The van der Waals surface area contributed by atoms with E-state index >= 15 is 0 Å². The first kappa shape index (κ1) is 28.6. The van der Waals surface area contributed by atoms with Crippen LogP contribution in [0.4, 0.5) is 27.5 Å². The number of fused-ring (bicyclic) bond motifs is 3. The number of carbonyl (C=O) groups is 2. The smallest absolute Gasteiger partial charge is 0.417 e. The summed E-state index contributed by atoms with van der Waals surface area (Å²) in [5.74, 6) is -0.498. The Morgan fingerprint density at radius 2 is 1.89 bits per heavy atom. The van der Waals surface area contributed by atoms with E-state index in [0.29, 0.717) is 9.99 Å². The highest BCUT2D eigenvalue weighted by Crippen LogP contribution is 2.45. The molecule has 0 saturated carbocycles. The van der Waals surface area contributed by atoms with Gasteiger partial charge in [-0.2, -0.15) is 13.2 Å². The van der Waals surface area contributed by atoms with Crippen LogP contribution in [-0.4, -0.2) is 58.5 Å². The second-order valence-electron chi connectivity index (χ2n) is 9.30. The Morgan fingerprint density at radius 3 is 2.43 bits per heavy atom. The highest BCUT2D eigenvalue weighted by molar-refractivity contribution is 7.92. The minimum Gasteiger partial charge on any atom is -0.483 e. The highest BCUT2D eigenvalue weighted by Gasteiger charge is 2.42. The fourth-order valence-electron chi connectivity index (χ4n) is 4.11. The van der Waals surface area contributed by atoms with Crippen molar-refractivity contribution < 1.29 is 36.1 Å². The Labute approximate surface area is 217 Å². The summed E-state index contributed by atoms with van der Waals surface area (Å²) in [7, 11) is 0. The fourth-order valence-corrected chi connectivity index (χ4v) is 4.46. The molecule has 0 fully saturated rings. The molecule has 4 rings (SSSR count). The van der Waals surface area contributed by atoms with Crippen LogP contribution in [0.5, 0.6) is 5.75 Å². The molecule has 1 aromatic carbocycles. The van der Waals surface area contributed by atoms with E-state index in [9.17, 15) is 26.6 Å². The third-order valence-corrected chi connectivity index (χ3v) is 6.10. The van der Waals surface area contributed by atoms with Crippen LogP contribution < -0.4 is 9.64 Å². The van der Waals surface area contributed by atoms with E-state index < -0.39 is 35.4 Å². The van der Waals surface area contributed by atoms with E-state index in [0.717, 1.165) is 6.07 Å². The van der Waals surface area contributed by atoms with Gasteiger partial charge >= 0.3 is 12.3 Å². The van der Waals surface area contributed by atoms with Crippen molar-refractivity contribution in [1.29, 1.82) is 0 Å². The molecule has 13 heteroatoms. The molecule has 8 nitrogen and oxygen atoms in total. The average Bonchev–Trinajstić information content (AvgIpc) is 2.84. The van der Waals surface area contributed by atoms with Crippen molar-refractivity contribution in [2.75, 3.05) is 24.6 Å². The zero-order valence-corrected chi connectivity index (χ0v) is 22.3. The number of nitrogens with zero attached hydrogens (tertiary/aromatic N) is 4. The standard InChI is InChI=1S/C22H24F4N4O4S.C2H6/c1-12-19(31)30(35-26)27-18-11-33-17-10-15(22(23,24)25)14(9-16(17)29(12)18)13-5-7-28(8-6-13)20(32)34-21(2,3)4;1-2/h5,9-10,12H,6-8,11H2,1-4H3;1-2H3. The molecule has 204 valence electrons. The molecule has 1 atom stereocenters. The van der Waals surface area contributed by atoms with Gasteiger partial charge in [0.1, 0.15) is 24.0 Å². The fraction of sp³-hybridized carbons (Fsp3) is 0.542. The molecule has 2 amide bonds. The van der Waals surface area contributed by atoms with Crippen LogP contribution in [0.25, 0.3) is 5.57 Å². The zero-order chi connectivity index (χ0) is 27.7. The lowest BCUT2D eigenvalue weighted by Crippen LogP contribution is -2.55. The van der Waals surface area contributed by atoms with Gasteiger partial charge in [0, 0.05) is 13.1 Å². The second kappa shape index (κ2) is 10.8. The maximum Gasteiger partial charge on any atom is 0.417 e. The minimum absolute atomic E-state index is 0.0483. The topological polar surface area (TPSA) is 74.7 Å². The van der Waals surface area contributed by atoms with E-state index in [1.807, 2.05) is 13.8 Å². The Bertz CT molecular complexity index is 1120. The normalized spacial score (nSPS) is 19.6. The molecule has 3 aliphatic heterocycles. The van der Waals surface area contributed by atoms with Gasteiger partial charge < -0.3 is 19.3 Å². The largest absolute Gasteiger partial charge is 0.483 e. The van der Waals surface area contributed by atoms with Crippen molar-refractivity contribution in [3.8, 4) is 5.75 Å². The van der Waals surface area contributed by atoms with Gasteiger partial charge in [-0.15, -0.1) is 13.4 Å². The summed E-state index contributed by atoms with van der Waals surface area (Å²) in [5.41, 5.74) is -1.02. The lowest BCUT2D eigenvalue weighted by molar-refractivity contribution is -0.138. The number of alkyl halides is 3. The van der Waals surface area contributed by atoms with Gasteiger partial charge in [0.05, 0.1) is 11.3 Å². The summed E-state index contributed by atoms with van der Waals surface area (Å²) < 4.78 is 66.6. The van der Waals surface area contributed by atoms with Crippen LogP contribution in [0.2, 0.25) is 0 Å². The third kappa shape index (κ3) is 5.97. The molecule has 37 heavy (non-hydrogen) atoms. The number of amides is 2. The first-order chi connectivity index (χ1) is 17.3. The molecule has 1 aromatic rings. The quantitative estimate of drug-likeness (QED) is 0.333. The summed E-state index contributed by atoms with van der Waals surface area (Å²) in [4.78, 5) is 27.7. The molecule has 0 bridgehead atoms. The Morgan fingerprint density at radius 1 is 1.22 bits per heavy atom. The molecule has 0 N–H and O–H groups in total. The van der Waals surface area contributed by atoms with Gasteiger partial charge in [-0.3, -0.25) is 4.79 Å². The lowest BCUT2D eigenvalue weighted by atomic mass is 9.92. The van der Waals surface area contributed by atoms with Crippen LogP contribution >= 0.6 is 12.3 Å². The highest BCUT2D eigenvalue weighted by atomic mass is 32.2. The average molecular weight is 547 g/mol. The van der Waals surface area contributed by atoms with Gasteiger partial charge in [0.25, 0.3) is 5.91 Å². The maximum absolute atomic E-state index is 14.0. The lowest BCUT2D eigenvalue weighted by Gasteiger charge is -2.40. The van der Waals surface area contributed by atoms with Gasteiger partial charge in [-0.05, 0) is 57.4 Å². The monoisotopic (exact) mass is 546 g/mol. The maximum atomic E-state index is 14.0. The van der Waals surface area contributed by atoms with Crippen LogP contribution in [-0.2, 0) is 15.7 Å². The number of carbonyl (C=O) groups excluding carboxylic acids is 2. The van der Waals surface area contributed by atoms with Gasteiger partial charge in [0.15, 0.2) is 18.2 Å². The van der Waals surface area contributed by atoms with Crippen molar-refractivity contribution in [1.82, 2.24) is 9.31 Å². The van der Waals surface area contributed by atoms with Crippen LogP contribution in [0, 0.1) is 0 Å². The first-order valence-electron chi connectivity index (χ1n) is 11.8. The van der Waals surface area contributed by atoms with Crippen molar-refractivity contribution in [3.05, 3.63) is 29.3 Å². The van der Waals surface area contributed by atoms with Crippen molar-refractivity contribution in [3.63, 3.8) is 0 Å². The van der Waals surface area contributed by atoms with Crippen molar-refractivity contribution in [2.24, 2.45) is 5.10 Å². The Kier molecular flexibility index (Phi) is 8.35. The van der Waals surface area contributed by atoms with Gasteiger partial charge in [0.2, 0.25) is 0 Å². The van der Waals surface area contributed by atoms with Gasteiger partial charge in [-0.1, -0.05) is 19.9 Å². The second-order valence-corrected chi connectivity index (χ2v) is 9.78. The molecule has 0 aromatic heterocycles. The molecule has 3 heterocycles. The molecule has 0 saturated heterocycles. The SMILES string of the molecule is CC.CC1C(=O)N(SF)N=C2COc3cc(C(F)(F)F)c(C4=CCN(C(=O)OC(C)(C)C)CC4)cc3N21. The molecular weight excluding hydrogens is 516 g/mol. The third-order valence-electron chi connectivity index (χ3n) is 5.71.